The quantitative estimate of drug-likeness (QED) is 0.732. The van der Waals surface area contributed by atoms with Crippen molar-refractivity contribution in [3.8, 4) is 0 Å². The summed E-state index contributed by atoms with van der Waals surface area (Å²) in [5.41, 5.74) is 1.70. The second-order valence-corrected chi connectivity index (χ2v) is 7.00. The average Bonchev–Trinajstić information content (AvgIpc) is 3.38. The van der Waals surface area contributed by atoms with Gasteiger partial charge in [0.2, 0.25) is 11.8 Å². The predicted molar refractivity (Wildman–Crippen MR) is 88.6 cm³/mol. The lowest BCUT2D eigenvalue weighted by Gasteiger charge is -2.32. The average molecular weight is 348 g/mol. The third-order valence-corrected chi connectivity index (χ3v) is 5.11. The zero-order chi connectivity index (χ0) is 18.1. The Bertz CT molecular complexity index is 667. The Balaban J connectivity index is 1.61. The van der Waals surface area contributed by atoms with Gasteiger partial charge in [-0.1, -0.05) is 0 Å². The second-order valence-electron chi connectivity index (χ2n) is 7.00. The SMILES string of the molecule is Cc1n[nH]c(C)c1[C@@H](NC(=O)C1CCN(C(=O)C2CC2)CC1)C(=O)O. The molecule has 1 aliphatic heterocycles. The highest BCUT2D eigenvalue weighted by molar-refractivity contribution is 5.86. The fourth-order valence-corrected chi connectivity index (χ4v) is 3.45. The van der Waals surface area contributed by atoms with E-state index >= 15 is 0 Å². The first-order chi connectivity index (χ1) is 11.9. The Morgan fingerprint density at radius 1 is 1.16 bits per heavy atom. The lowest BCUT2D eigenvalue weighted by molar-refractivity contribution is -0.143. The van der Waals surface area contributed by atoms with Crippen LogP contribution in [0.15, 0.2) is 0 Å². The van der Waals surface area contributed by atoms with Gasteiger partial charge >= 0.3 is 5.97 Å². The number of aromatic amines is 1. The van der Waals surface area contributed by atoms with E-state index in [9.17, 15) is 19.5 Å². The summed E-state index contributed by atoms with van der Waals surface area (Å²) in [5.74, 6) is -1.26. The summed E-state index contributed by atoms with van der Waals surface area (Å²) in [6.45, 7) is 4.58. The van der Waals surface area contributed by atoms with Crippen LogP contribution in [0.25, 0.3) is 0 Å². The van der Waals surface area contributed by atoms with E-state index in [1.165, 1.54) is 0 Å². The molecule has 1 aromatic heterocycles. The number of amides is 2. The minimum absolute atomic E-state index is 0.189. The minimum atomic E-state index is -1.11. The minimum Gasteiger partial charge on any atom is -0.479 e. The molecule has 8 nitrogen and oxygen atoms in total. The lowest BCUT2D eigenvalue weighted by Crippen LogP contribution is -2.45. The van der Waals surface area contributed by atoms with Crippen LogP contribution in [0.4, 0.5) is 0 Å². The van der Waals surface area contributed by atoms with Gasteiger partial charge in [0.1, 0.15) is 0 Å². The van der Waals surface area contributed by atoms with Crippen LogP contribution >= 0.6 is 0 Å². The maximum absolute atomic E-state index is 12.5. The fraction of sp³-hybridized carbons (Fsp3) is 0.647. The molecule has 1 atom stereocenters. The molecular weight excluding hydrogens is 324 g/mol. The molecule has 3 rings (SSSR count). The second kappa shape index (κ2) is 6.85. The fourth-order valence-electron chi connectivity index (χ4n) is 3.45. The van der Waals surface area contributed by atoms with Crippen LogP contribution in [-0.4, -0.2) is 51.1 Å². The van der Waals surface area contributed by atoms with Gasteiger partial charge in [0, 0.05) is 36.2 Å². The van der Waals surface area contributed by atoms with E-state index in [2.05, 4.69) is 15.5 Å². The number of likely N-dealkylation sites (tertiary alicyclic amines) is 1. The highest BCUT2D eigenvalue weighted by Gasteiger charge is 2.37. The number of nitrogens with one attached hydrogen (secondary N) is 2. The van der Waals surface area contributed by atoms with E-state index in [4.69, 9.17) is 0 Å². The smallest absolute Gasteiger partial charge is 0.331 e. The normalized spacial score (nSPS) is 19.5. The first-order valence-corrected chi connectivity index (χ1v) is 8.72. The zero-order valence-corrected chi connectivity index (χ0v) is 14.5. The molecule has 2 aliphatic rings. The molecule has 1 aliphatic carbocycles. The van der Waals surface area contributed by atoms with Crippen LogP contribution < -0.4 is 5.32 Å². The molecule has 0 radical (unpaired) electrons. The van der Waals surface area contributed by atoms with Crippen molar-refractivity contribution in [2.45, 2.75) is 45.6 Å². The van der Waals surface area contributed by atoms with Gasteiger partial charge in [0.05, 0.1) is 5.69 Å². The molecule has 0 aromatic carbocycles. The van der Waals surface area contributed by atoms with Gasteiger partial charge < -0.3 is 15.3 Å². The number of nitrogens with zero attached hydrogens (tertiary/aromatic N) is 2. The molecule has 2 fully saturated rings. The molecule has 2 amide bonds. The number of carbonyl (C=O) groups is 3. The number of carbonyl (C=O) groups excluding carboxylic acids is 2. The van der Waals surface area contributed by atoms with E-state index in [1.54, 1.807) is 13.8 Å². The highest BCUT2D eigenvalue weighted by atomic mass is 16.4. The number of piperidine rings is 1. The maximum Gasteiger partial charge on any atom is 0.331 e. The van der Waals surface area contributed by atoms with Crippen LogP contribution in [0.1, 0.15) is 48.7 Å². The topological polar surface area (TPSA) is 115 Å². The summed E-state index contributed by atoms with van der Waals surface area (Å²) in [4.78, 5) is 38.1. The summed E-state index contributed by atoms with van der Waals surface area (Å²) in [7, 11) is 0. The molecule has 2 heterocycles. The lowest BCUT2D eigenvalue weighted by atomic mass is 9.94. The van der Waals surface area contributed by atoms with Crippen molar-refractivity contribution < 1.29 is 19.5 Å². The molecule has 25 heavy (non-hydrogen) atoms. The van der Waals surface area contributed by atoms with Crippen molar-refractivity contribution in [3.63, 3.8) is 0 Å². The summed E-state index contributed by atoms with van der Waals surface area (Å²) in [6.07, 6.45) is 3.09. The van der Waals surface area contributed by atoms with E-state index in [-0.39, 0.29) is 23.7 Å². The zero-order valence-electron chi connectivity index (χ0n) is 14.5. The molecule has 3 N–H and O–H groups in total. The van der Waals surface area contributed by atoms with E-state index in [0.29, 0.717) is 42.9 Å². The number of aliphatic carboxylic acids is 1. The summed E-state index contributed by atoms with van der Waals surface area (Å²) in [6, 6.07) is -1.11. The number of H-pyrrole nitrogens is 1. The largest absolute Gasteiger partial charge is 0.479 e. The maximum atomic E-state index is 12.5. The summed E-state index contributed by atoms with van der Waals surface area (Å²) < 4.78 is 0. The number of carboxylic acid groups (broad SMARTS) is 1. The first-order valence-electron chi connectivity index (χ1n) is 8.72. The Hall–Kier alpha value is -2.38. The highest BCUT2D eigenvalue weighted by Crippen LogP contribution is 2.32. The number of rotatable bonds is 5. The van der Waals surface area contributed by atoms with E-state index in [0.717, 1.165) is 12.8 Å². The Labute approximate surface area is 146 Å². The van der Waals surface area contributed by atoms with Crippen molar-refractivity contribution in [2.24, 2.45) is 11.8 Å². The van der Waals surface area contributed by atoms with E-state index < -0.39 is 12.0 Å². The Morgan fingerprint density at radius 2 is 1.80 bits per heavy atom. The molecule has 136 valence electrons. The molecule has 1 saturated heterocycles. The Kier molecular flexibility index (Phi) is 4.78. The summed E-state index contributed by atoms with van der Waals surface area (Å²) >= 11 is 0. The number of aromatic nitrogens is 2. The van der Waals surface area contributed by atoms with Crippen molar-refractivity contribution in [3.05, 3.63) is 17.0 Å². The van der Waals surface area contributed by atoms with Crippen molar-refractivity contribution in [2.75, 3.05) is 13.1 Å². The molecule has 1 saturated carbocycles. The molecular formula is C17H24N4O4. The molecule has 0 bridgehead atoms. The van der Waals surface area contributed by atoms with Crippen molar-refractivity contribution >= 4 is 17.8 Å². The van der Waals surface area contributed by atoms with Gasteiger partial charge in [-0.2, -0.15) is 5.10 Å². The molecule has 0 spiro atoms. The van der Waals surface area contributed by atoms with Crippen LogP contribution in [0.5, 0.6) is 0 Å². The third-order valence-electron chi connectivity index (χ3n) is 5.11. The predicted octanol–water partition coefficient (Wildman–Crippen LogP) is 0.917. The molecule has 8 heteroatoms. The van der Waals surface area contributed by atoms with Crippen LogP contribution in [0.2, 0.25) is 0 Å². The van der Waals surface area contributed by atoms with E-state index in [1.807, 2.05) is 4.90 Å². The van der Waals surface area contributed by atoms with Gasteiger partial charge in [-0.05, 0) is 39.5 Å². The Morgan fingerprint density at radius 3 is 2.28 bits per heavy atom. The van der Waals surface area contributed by atoms with Crippen molar-refractivity contribution in [1.29, 1.82) is 0 Å². The van der Waals surface area contributed by atoms with Gasteiger partial charge in [-0.3, -0.25) is 14.7 Å². The first kappa shape index (κ1) is 17.4. The number of aryl methyl sites for hydroxylation is 2. The van der Waals surface area contributed by atoms with Crippen LogP contribution in [0, 0.1) is 25.7 Å². The number of carboxylic acids is 1. The molecule has 1 aromatic rings. The monoisotopic (exact) mass is 348 g/mol. The van der Waals surface area contributed by atoms with Crippen LogP contribution in [-0.2, 0) is 14.4 Å². The van der Waals surface area contributed by atoms with Gasteiger partial charge in [0.15, 0.2) is 6.04 Å². The number of hydrogen-bond donors (Lipinski definition) is 3. The van der Waals surface area contributed by atoms with Crippen molar-refractivity contribution in [1.82, 2.24) is 20.4 Å². The van der Waals surface area contributed by atoms with Gasteiger partial charge in [-0.15, -0.1) is 0 Å². The summed E-state index contributed by atoms with van der Waals surface area (Å²) in [5, 5.41) is 18.9. The molecule has 0 unspecified atom stereocenters. The number of hydrogen-bond acceptors (Lipinski definition) is 4. The standard InChI is InChI=1S/C17H24N4O4/c1-9-13(10(2)20-19-9)14(17(24)25)18-15(22)11-5-7-21(8-6-11)16(23)12-3-4-12/h11-12,14H,3-8H2,1-2H3,(H,18,22)(H,19,20)(H,24,25)/t14-/m1/s1. The van der Waals surface area contributed by atoms with Gasteiger partial charge in [-0.25, -0.2) is 4.79 Å². The van der Waals surface area contributed by atoms with Gasteiger partial charge in [0.25, 0.3) is 0 Å². The third kappa shape index (κ3) is 3.67. The van der Waals surface area contributed by atoms with Crippen LogP contribution in [0.3, 0.4) is 0 Å².